The molecule has 2 unspecified atom stereocenters. The predicted molar refractivity (Wildman–Crippen MR) is 52.7 cm³/mol. The summed E-state index contributed by atoms with van der Waals surface area (Å²) in [4.78, 5) is 2.24. The van der Waals surface area contributed by atoms with Gasteiger partial charge in [0.2, 0.25) is 0 Å². The molecule has 0 amide bonds. The molecule has 1 heterocycles. The largest absolute Gasteiger partial charge is 0.381 e. The molecule has 2 nitrogen and oxygen atoms in total. The van der Waals surface area contributed by atoms with E-state index in [9.17, 15) is 0 Å². The average Bonchev–Trinajstić information content (AvgIpc) is 2.06. The molecule has 2 atom stereocenters. The molecule has 12 heavy (non-hydrogen) atoms. The fourth-order valence-corrected chi connectivity index (χ4v) is 1.73. The van der Waals surface area contributed by atoms with Gasteiger partial charge in [0.1, 0.15) is 0 Å². The van der Waals surface area contributed by atoms with Crippen molar-refractivity contribution in [1.82, 2.24) is 4.90 Å². The minimum absolute atomic E-state index is 0.750. The van der Waals surface area contributed by atoms with Crippen molar-refractivity contribution in [3.8, 4) is 0 Å². The average molecular weight is 168 g/mol. The lowest BCUT2D eigenvalue weighted by molar-refractivity contribution is 0.308. The first-order chi connectivity index (χ1) is 5.74. The molecular formula is C10H20N2. The van der Waals surface area contributed by atoms with Gasteiger partial charge in [0.25, 0.3) is 0 Å². The van der Waals surface area contributed by atoms with E-state index >= 15 is 0 Å². The molecule has 0 bridgehead atoms. The van der Waals surface area contributed by atoms with E-state index in [2.05, 4.69) is 31.1 Å². The van der Waals surface area contributed by atoms with E-state index in [0.717, 1.165) is 24.8 Å². The maximum absolute atomic E-state index is 5.53. The zero-order valence-corrected chi connectivity index (χ0v) is 8.16. The van der Waals surface area contributed by atoms with Gasteiger partial charge in [-0.15, -0.1) is 0 Å². The Kier molecular flexibility index (Phi) is 3.60. The Balaban J connectivity index is 2.38. The maximum atomic E-state index is 5.53. The molecule has 1 rings (SSSR count). The van der Waals surface area contributed by atoms with Gasteiger partial charge in [-0.2, -0.15) is 0 Å². The molecule has 0 radical (unpaired) electrons. The molecule has 0 aromatic rings. The van der Waals surface area contributed by atoms with Crippen molar-refractivity contribution >= 4 is 0 Å². The van der Waals surface area contributed by atoms with Crippen LogP contribution in [0.25, 0.3) is 0 Å². The van der Waals surface area contributed by atoms with Crippen molar-refractivity contribution in [2.75, 3.05) is 20.1 Å². The van der Waals surface area contributed by atoms with E-state index in [4.69, 9.17) is 5.73 Å². The highest BCUT2D eigenvalue weighted by atomic mass is 15.1. The molecule has 0 fully saturated rings. The number of hydrogen-bond donors (Lipinski definition) is 1. The molecule has 1 aliphatic heterocycles. The smallest absolute Gasteiger partial charge is 0.0174 e. The van der Waals surface area contributed by atoms with E-state index < -0.39 is 0 Å². The van der Waals surface area contributed by atoms with Crippen molar-refractivity contribution in [1.29, 1.82) is 0 Å². The van der Waals surface area contributed by atoms with E-state index in [1.807, 2.05) is 0 Å². The van der Waals surface area contributed by atoms with E-state index in [0.29, 0.717) is 0 Å². The molecule has 0 saturated carbocycles. The summed E-state index contributed by atoms with van der Waals surface area (Å²) < 4.78 is 0. The fraction of sp³-hybridized carbons (Fsp3) is 0.800. The summed E-state index contributed by atoms with van der Waals surface area (Å²) in [5.74, 6) is 1.50. The number of nitrogens with zero attached hydrogens (tertiary/aromatic N) is 1. The van der Waals surface area contributed by atoms with Crippen LogP contribution in [0.2, 0.25) is 0 Å². The van der Waals surface area contributed by atoms with Crippen LogP contribution in [0.1, 0.15) is 19.8 Å². The van der Waals surface area contributed by atoms with E-state index in [-0.39, 0.29) is 0 Å². The first-order valence-electron chi connectivity index (χ1n) is 4.82. The number of rotatable bonds is 3. The van der Waals surface area contributed by atoms with Crippen LogP contribution in [0, 0.1) is 11.8 Å². The van der Waals surface area contributed by atoms with E-state index in [1.54, 1.807) is 0 Å². The zero-order chi connectivity index (χ0) is 8.97. The molecule has 2 N–H and O–H groups in total. The SMILES string of the molecule is CC(CCN)C1C=CN(C)CC1. The van der Waals surface area contributed by atoms with Crippen molar-refractivity contribution in [3.05, 3.63) is 12.3 Å². The van der Waals surface area contributed by atoms with Crippen LogP contribution < -0.4 is 5.73 Å². The van der Waals surface area contributed by atoms with Crippen molar-refractivity contribution in [3.63, 3.8) is 0 Å². The molecule has 70 valence electrons. The molecule has 0 aromatic carbocycles. The summed E-state index contributed by atoms with van der Waals surface area (Å²) in [5.41, 5.74) is 5.53. The molecule has 1 aliphatic rings. The Morgan fingerprint density at radius 1 is 1.67 bits per heavy atom. The molecule has 0 aliphatic carbocycles. The summed E-state index contributed by atoms with van der Waals surface area (Å²) in [6, 6.07) is 0. The van der Waals surface area contributed by atoms with Crippen LogP contribution in [0.3, 0.4) is 0 Å². The minimum Gasteiger partial charge on any atom is -0.381 e. The van der Waals surface area contributed by atoms with Crippen molar-refractivity contribution < 1.29 is 0 Å². The second kappa shape index (κ2) is 4.51. The van der Waals surface area contributed by atoms with Gasteiger partial charge in [-0.25, -0.2) is 0 Å². The monoisotopic (exact) mass is 168 g/mol. The second-order valence-corrected chi connectivity index (χ2v) is 3.83. The Morgan fingerprint density at radius 2 is 2.42 bits per heavy atom. The summed E-state index contributed by atoms with van der Waals surface area (Å²) in [6.45, 7) is 4.31. The molecule has 2 heteroatoms. The lowest BCUT2D eigenvalue weighted by Crippen LogP contribution is -2.24. The van der Waals surface area contributed by atoms with Crippen LogP contribution in [-0.4, -0.2) is 25.0 Å². The lowest BCUT2D eigenvalue weighted by Gasteiger charge is -2.28. The van der Waals surface area contributed by atoms with Gasteiger partial charge >= 0.3 is 0 Å². The Hall–Kier alpha value is -0.500. The Morgan fingerprint density at radius 3 is 2.92 bits per heavy atom. The summed E-state index contributed by atoms with van der Waals surface area (Å²) in [6.07, 6.45) is 6.96. The quantitative estimate of drug-likeness (QED) is 0.691. The summed E-state index contributed by atoms with van der Waals surface area (Å²) in [5, 5.41) is 0. The van der Waals surface area contributed by atoms with Crippen LogP contribution in [0.5, 0.6) is 0 Å². The topological polar surface area (TPSA) is 29.3 Å². The van der Waals surface area contributed by atoms with E-state index in [1.165, 1.54) is 13.0 Å². The minimum atomic E-state index is 0.750. The number of nitrogens with two attached hydrogens (primary N) is 1. The molecule has 0 aromatic heterocycles. The Bertz CT molecular complexity index is 154. The van der Waals surface area contributed by atoms with Gasteiger partial charge in [0, 0.05) is 13.6 Å². The van der Waals surface area contributed by atoms with Crippen LogP contribution in [0.4, 0.5) is 0 Å². The van der Waals surface area contributed by atoms with Gasteiger partial charge < -0.3 is 10.6 Å². The second-order valence-electron chi connectivity index (χ2n) is 3.83. The third-order valence-electron chi connectivity index (χ3n) is 2.76. The molecular weight excluding hydrogens is 148 g/mol. The maximum Gasteiger partial charge on any atom is 0.0174 e. The molecule has 0 saturated heterocycles. The van der Waals surface area contributed by atoms with Gasteiger partial charge in [-0.3, -0.25) is 0 Å². The van der Waals surface area contributed by atoms with Crippen molar-refractivity contribution in [2.24, 2.45) is 17.6 Å². The van der Waals surface area contributed by atoms with Crippen molar-refractivity contribution in [2.45, 2.75) is 19.8 Å². The van der Waals surface area contributed by atoms with Crippen LogP contribution >= 0.6 is 0 Å². The van der Waals surface area contributed by atoms with Gasteiger partial charge in [-0.1, -0.05) is 13.0 Å². The molecule has 0 spiro atoms. The highest BCUT2D eigenvalue weighted by molar-refractivity contribution is 4.94. The van der Waals surface area contributed by atoms with Gasteiger partial charge in [0.05, 0.1) is 0 Å². The summed E-state index contributed by atoms with van der Waals surface area (Å²) >= 11 is 0. The van der Waals surface area contributed by atoms with Crippen LogP contribution in [0.15, 0.2) is 12.3 Å². The first kappa shape index (κ1) is 9.59. The standard InChI is InChI=1S/C10H20N2/c1-9(3-6-11)10-4-7-12(2)8-5-10/h4,7,9-10H,3,5-6,8,11H2,1-2H3. The number of hydrogen-bond acceptors (Lipinski definition) is 2. The Labute approximate surface area is 75.4 Å². The van der Waals surface area contributed by atoms with Gasteiger partial charge in [-0.05, 0) is 37.4 Å². The zero-order valence-electron chi connectivity index (χ0n) is 8.16. The third kappa shape index (κ3) is 2.52. The van der Waals surface area contributed by atoms with Gasteiger partial charge in [0.15, 0.2) is 0 Å². The highest BCUT2D eigenvalue weighted by Crippen LogP contribution is 2.23. The fourth-order valence-electron chi connectivity index (χ4n) is 1.73. The normalized spacial score (nSPS) is 25.9. The number of allylic oxidation sites excluding steroid dienone is 1. The first-order valence-corrected chi connectivity index (χ1v) is 4.82. The predicted octanol–water partition coefficient (Wildman–Crippen LogP) is 1.44. The van der Waals surface area contributed by atoms with Crippen LogP contribution in [-0.2, 0) is 0 Å². The highest BCUT2D eigenvalue weighted by Gasteiger charge is 2.16. The summed E-state index contributed by atoms with van der Waals surface area (Å²) in [7, 11) is 2.13. The third-order valence-corrected chi connectivity index (χ3v) is 2.76. The lowest BCUT2D eigenvalue weighted by atomic mass is 9.87.